The Morgan fingerprint density at radius 3 is 2.15 bits per heavy atom. The van der Waals surface area contributed by atoms with Gasteiger partial charge >= 0.3 is 0 Å². The first kappa shape index (κ1) is 17.2. The van der Waals surface area contributed by atoms with Gasteiger partial charge in [-0.2, -0.15) is 0 Å². The lowest BCUT2D eigenvalue weighted by molar-refractivity contribution is 0.591. The first-order chi connectivity index (χ1) is 13.0. The summed E-state index contributed by atoms with van der Waals surface area (Å²) in [5.74, 6) is -1.94. The average molecular weight is 363 g/mol. The van der Waals surface area contributed by atoms with E-state index in [0.717, 1.165) is 0 Å². The highest BCUT2D eigenvalue weighted by Gasteiger charge is 2.19. The molecular formula is C21H13BF3NO. The Labute approximate surface area is 153 Å². The molecule has 132 valence electrons. The van der Waals surface area contributed by atoms with Crippen molar-refractivity contribution in [1.82, 2.24) is 4.40 Å². The number of hydrogen-bond acceptors (Lipinski definition) is 1. The lowest BCUT2D eigenvalue weighted by Gasteiger charge is -2.14. The molecule has 4 rings (SSSR count). The van der Waals surface area contributed by atoms with Crippen molar-refractivity contribution in [1.29, 1.82) is 0 Å². The Bertz CT molecular complexity index is 1210. The van der Waals surface area contributed by atoms with Crippen LogP contribution >= 0.6 is 0 Å². The molecular weight excluding hydrogens is 350 g/mol. The van der Waals surface area contributed by atoms with Crippen molar-refractivity contribution >= 4 is 18.8 Å². The highest BCUT2D eigenvalue weighted by Crippen LogP contribution is 2.29. The van der Waals surface area contributed by atoms with Gasteiger partial charge < -0.3 is 4.40 Å². The van der Waals surface area contributed by atoms with E-state index < -0.39 is 17.1 Å². The predicted molar refractivity (Wildman–Crippen MR) is 103 cm³/mol. The molecule has 0 saturated heterocycles. The smallest absolute Gasteiger partial charge is 0.190 e. The summed E-state index contributed by atoms with van der Waals surface area (Å²) in [6.45, 7) is 0. The number of hydrogen-bond donors (Lipinski definition) is 0. The molecule has 0 saturated carbocycles. The van der Waals surface area contributed by atoms with Crippen LogP contribution in [0, 0.1) is 17.5 Å². The molecule has 0 aliphatic carbocycles. The number of pyridine rings is 2. The third kappa shape index (κ3) is 2.93. The molecule has 6 heteroatoms. The number of halogens is 3. The van der Waals surface area contributed by atoms with Crippen LogP contribution in [0.5, 0.6) is 0 Å². The molecule has 0 N–H and O–H groups in total. The van der Waals surface area contributed by atoms with Crippen molar-refractivity contribution < 1.29 is 13.2 Å². The second-order valence-electron chi connectivity index (χ2n) is 6.33. The van der Waals surface area contributed by atoms with E-state index in [1.165, 1.54) is 30.3 Å². The van der Waals surface area contributed by atoms with Crippen molar-refractivity contribution in [2.24, 2.45) is 0 Å². The van der Waals surface area contributed by atoms with E-state index in [4.69, 9.17) is 0 Å². The van der Waals surface area contributed by atoms with Crippen molar-refractivity contribution in [3.63, 3.8) is 0 Å². The van der Waals surface area contributed by atoms with Gasteiger partial charge in [-0.15, -0.1) is 0 Å². The molecule has 4 aromatic rings. The standard InChI is InChI=1S/C21H13BF3NO/c22-13-10-15(24)20(16(25)11-13)21-18-3-1-2-17(26(18)9-8-19(21)27)12-4-6-14(23)7-5-12/h1-11H,22H2. The van der Waals surface area contributed by atoms with Gasteiger partial charge in [-0.3, -0.25) is 4.79 Å². The summed E-state index contributed by atoms with van der Waals surface area (Å²) in [7, 11) is 1.58. The van der Waals surface area contributed by atoms with Crippen LogP contribution in [-0.2, 0) is 0 Å². The summed E-state index contributed by atoms with van der Waals surface area (Å²) in [4.78, 5) is 12.5. The van der Waals surface area contributed by atoms with E-state index in [-0.39, 0.29) is 16.9 Å². The van der Waals surface area contributed by atoms with Crippen LogP contribution in [0.1, 0.15) is 0 Å². The van der Waals surface area contributed by atoms with Gasteiger partial charge in [-0.1, -0.05) is 11.5 Å². The van der Waals surface area contributed by atoms with Crippen LogP contribution in [-0.4, -0.2) is 12.2 Å². The van der Waals surface area contributed by atoms with Gasteiger partial charge in [0, 0.05) is 12.3 Å². The molecule has 0 bridgehead atoms. The summed E-state index contributed by atoms with van der Waals surface area (Å²) >= 11 is 0. The molecule has 0 atom stereocenters. The third-order valence-corrected chi connectivity index (χ3v) is 4.48. The zero-order chi connectivity index (χ0) is 19.1. The van der Waals surface area contributed by atoms with Crippen LogP contribution in [0.4, 0.5) is 13.2 Å². The largest absolute Gasteiger partial charge is 0.316 e. The maximum Gasteiger partial charge on any atom is 0.190 e. The van der Waals surface area contributed by atoms with Crippen molar-refractivity contribution in [2.45, 2.75) is 0 Å². The lowest BCUT2D eigenvalue weighted by atomic mass is 9.92. The summed E-state index contributed by atoms with van der Waals surface area (Å²) in [5, 5.41) is 0. The van der Waals surface area contributed by atoms with E-state index in [2.05, 4.69) is 0 Å². The van der Waals surface area contributed by atoms with Crippen LogP contribution < -0.4 is 10.9 Å². The Morgan fingerprint density at radius 2 is 1.48 bits per heavy atom. The maximum atomic E-state index is 14.5. The number of aromatic nitrogens is 1. The molecule has 0 amide bonds. The number of nitrogens with zero attached hydrogens (tertiary/aromatic N) is 1. The fourth-order valence-electron chi connectivity index (χ4n) is 3.28. The van der Waals surface area contributed by atoms with E-state index in [9.17, 15) is 18.0 Å². The highest BCUT2D eigenvalue weighted by molar-refractivity contribution is 6.32. The Kier molecular flexibility index (Phi) is 4.11. The zero-order valence-corrected chi connectivity index (χ0v) is 14.3. The van der Waals surface area contributed by atoms with E-state index >= 15 is 0 Å². The molecule has 0 fully saturated rings. The van der Waals surface area contributed by atoms with Gasteiger partial charge in [0.15, 0.2) is 5.43 Å². The molecule has 0 aliphatic heterocycles. The van der Waals surface area contributed by atoms with Crippen LogP contribution in [0.25, 0.3) is 27.9 Å². The predicted octanol–water partition coefficient (Wildman–Crippen LogP) is 3.31. The molecule has 0 aliphatic rings. The maximum absolute atomic E-state index is 14.5. The fraction of sp³-hybridized carbons (Fsp3) is 0. The first-order valence-corrected chi connectivity index (χ1v) is 8.32. The zero-order valence-electron chi connectivity index (χ0n) is 14.3. The quantitative estimate of drug-likeness (QED) is 0.501. The SMILES string of the molecule is Bc1cc(F)c(-c2c(=O)ccn3c(-c4ccc(F)cc4)cccc23)c(F)c1. The Balaban J connectivity index is 2.07. The van der Waals surface area contributed by atoms with Crippen LogP contribution in [0.2, 0.25) is 0 Å². The summed E-state index contributed by atoms with van der Waals surface area (Å²) in [6, 6.07) is 14.7. The minimum absolute atomic E-state index is 0.0449. The van der Waals surface area contributed by atoms with Crippen LogP contribution in [0.3, 0.4) is 0 Å². The monoisotopic (exact) mass is 363 g/mol. The number of rotatable bonds is 2. The minimum Gasteiger partial charge on any atom is -0.316 e. The molecule has 0 unspecified atom stereocenters. The molecule has 27 heavy (non-hydrogen) atoms. The summed E-state index contributed by atoms with van der Waals surface area (Å²) in [5.41, 5.74) is 1.31. The summed E-state index contributed by atoms with van der Waals surface area (Å²) < 4.78 is 44.0. The van der Waals surface area contributed by atoms with E-state index in [1.807, 2.05) is 0 Å². The second-order valence-corrected chi connectivity index (χ2v) is 6.33. The lowest BCUT2D eigenvalue weighted by Crippen LogP contribution is -2.13. The normalized spacial score (nSPS) is 11.1. The van der Waals surface area contributed by atoms with Gasteiger partial charge in [-0.25, -0.2) is 13.2 Å². The van der Waals surface area contributed by atoms with Gasteiger partial charge in [0.25, 0.3) is 0 Å². The molecule has 2 aromatic carbocycles. The second kappa shape index (κ2) is 6.47. The van der Waals surface area contributed by atoms with Gasteiger partial charge in [-0.05, 0) is 54.1 Å². The molecule has 2 aromatic heterocycles. The highest BCUT2D eigenvalue weighted by atomic mass is 19.1. The summed E-state index contributed by atoms with van der Waals surface area (Å²) in [6.07, 6.45) is 1.55. The minimum atomic E-state index is -0.787. The van der Waals surface area contributed by atoms with Gasteiger partial charge in [0.1, 0.15) is 25.3 Å². The number of benzene rings is 2. The van der Waals surface area contributed by atoms with Crippen molar-refractivity contribution in [2.75, 3.05) is 0 Å². The Hall–Kier alpha value is -3.28. The van der Waals surface area contributed by atoms with E-state index in [1.54, 1.807) is 48.8 Å². The Morgan fingerprint density at radius 1 is 0.815 bits per heavy atom. The first-order valence-electron chi connectivity index (χ1n) is 8.32. The van der Waals surface area contributed by atoms with E-state index in [0.29, 0.717) is 22.2 Å². The van der Waals surface area contributed by atoms with Crippen LogP contribution in [0.15, 0.2) is 71.7 Å². The topological polar surface area (TPSA) is 21.5 Å². The fourth-order valence-corrected chi connectivity index (χ4v) is 3.28. The van der Waals surface area contributed by atoms with Crippen molar-refractivity contribution in [3.8, 4) is 22.4 Å². The third-order valence-electron chi connectivity index (χ3n) is 4.48. The number of fused-ring (bicyclic) bond motifs is 1. The molecule has 0 radical (unpaired) electrons. The van der Waals surface area contributed by atoms with Gasteiger partial charge in [0.2, 0.25) is 0 Å². The molecule has 2 nitrogen and oxygen atoms in total. The van der Waals surface area contributed by atoms with Crippen molar-refractivity contribution in [3.05, 3.63) is 94.5 Å². The average Bonchev–Trinajstić information content (AvgIpc) is 2.63. The molecule has 2 heterocycles. The molecule has 0 spiro atoms. The van der Waals surface area contributed by atoms with Gasteiger partial charge in [0.05, 0.1) is 22.3 Å².